The number of alkyl carbamates (subject to hydrolysis) is 1. The predicted molar refractivity (Wildman–Crippen MR) is 134 cm³/mol. The van der Waals surface area contributed by atoms with Gasteiger partial charge in [-0.25, -0.2) is 9.78 Å². The first-order valence-electron chi connectivity index (χ1n) is 10.6. The number of amides is 2. The minimum atomic E-state index is -0.626. The fraction of sp³-hybridized carbons (Fsp3) is 0.269. The van der Waals surface area contributed by atoms with E-state index in [1.165, 1.54) is 11.1 Å². The van der Waals surface area contributed by atoms with Crippen LogP contribution in [0.25, 0.3) is 0 Å². The molecule has 0 aliphatic carbocycles. The maximum atomic E-state index is 11.9. The Labute approximate surface area is 200 Å². The molecule has 0 atom stereocenters. The summed E-state index contributed by atoms with van der Waals surface area (Å²) in [6, 6.07) is 24.0. The highest BCUT2D eigenvalue weighted by Crippen LogP contribution is 2.21. The molecule has 1 heterocycles. The normalized spacial score (nSPS) is 10.4. The van der Waals surface area contributed by atoms with Crippen molar-refractivity contribution in [1.82, 2.24) is 10.3 Å². The van der Waals surface area contributed by atoms with Gasteiger partial charge in [-0.05, 0) is 45.4 Å². The molecule has 0 saturated carbocycles. The molecule has 7 heteroatoms. The highest BCUT2D eigenvalue weighted by molar-refractivity contribution is 7.98. The van der Waals surface area contributed by atoms with Gasteiger partial charge in [0.05, 0.1) is 16.9 Å². The molecule has 0 aliphatic heterocycles. The van der Waals surface area contributed by atoms with Crippen LogP contribution in [-0.2, 0) is 15.3 Å². The number of carbonyl (C=O) groups excluding carboxylic acids is 2. The van der Waals surface area contributed by atoms with Crippen LogP contribution in [0.2, 0.25) is 0 Å². The standard InChI is InChI=1S/C19H23N3O3S.C7H8/c1-19(2,3)25-18(24)21-12-16(23)22-15-9-10-17(20-11-15)26-13-14-7-5-4-6-8-14;1-7-5-3-2-4-6-7/h4-11H,12-13H2,1-3H3,(H,21,24)(H,22,23);2-6H,1H3. The summed E-state index contributed by atoms with van der Waals surface area (Å²) in [5.74, 6) is 0.488. The van der Waals surface area contributed by atoms with Gasteiger partial charge in [-0.1, -0.05) is 66.2 Å². The molecule has 2 N–H and O–H groups in total. The van der Waals surface area contributed by atoms with Crippen LogP contribution in [0.1, 0.15) is 31.9 Å². The van der Waals surface area contributed by atoms with Gasteiger partial charge in [-0.2, -0.15) is 0 Å². The number of thioether (sulfide) groups is 1. The van der Waals surface area contributed by atoms with Gasteiger partial charge in [0.15, 0.2) is 0 Å². The number of hydrogen-bond acceptors (Lipinski definition) is 5. The lowest BCUT2D eigenvalue weighted by atomic mass is 10.2. The van der Waals surface area contributed by atoms with Crippen LogP contribution in [0.4, 0.5) is 10.5 Å². The van der Waals surface area contributed by atoms with Crippen molar-refractivity contribution in [3.63, 3.8) is 0 Å². The number of ether oxygens (including phenoxy) is 1. The summed E-state index contributed by atoms with van der Waals surface area (Å²) < 4.78 is 5.07. The first kappa shape index (κ1) is 25.9. The van der Waals surface area contributed by atoms with E-state index in [1.807, 2.05) is 42.5 Å². The van der Waals surface area contributed by atoms with Crippen molar-refractivity contribution in [1.29, 1.82) is 0 Å². The number of anilines is 1. The van der Waals surface area contributed by atoms with Crippen molar-refractivity contribution in [3.05, 3.63) is 90.1 Å². The lowest BCUT2D eigenvalue weighted by molar-refractivity contribution is -0.115. The molecule has 2 aromatic carbocycles. The second-order valence-corrected chi connectivity index (χ2v) is 9.21. The van der Waals surface area contributed by atoms with E-state index in [-0.39, 0.29) is 12.5 Å². The number of nitrogens with zero attached hydrogens (tertiary/aromatic N) is 1. The van der Waals surface area contributed by atoms with E-state index < -0.39 is 11.7 Å². The van der Waals surface area contributed by atoms with E-state index in [1.54, 1.807) is 44.8 Å². The van der Waals surface area contributed by atoms with Crippen molar-refractivity contribution in [2.75, 3.05) is 11.9 Å². The molecular formula is C26H31N3O3S. The van der Waals surface area contributed by atoms with Crippen LogP contribution in [0.15, 0.2) is 84.0 Å². The quantitative estimate of drug-likeness (QED) is 0.448. The number of rotatable bonds is 6. The third-order valence-electron chi connectivity index (χ3n) is 3.98. The Morgan fingerprint density at radius 3 is 2.09 bits per heavy atom. The van der Waals surface area contributed by atoms with Gasteiger partial charge >= 0.3 is 6.09 Å². The Balaban J connectivity index is 0.000000468. The van der Waals surface area contributed by atoms with Crippen LogP contribution in [0.3, 0.4) is 0 Å². The lowest BCUT2D eigenvalue weighted by Crippen LogP contribution is -2.37. The fourth-order valence-electron chi connectivity index (χ4n) is 2.48. The molecule has 3 rings (SSSR count). The number of hydrogen-bond donors (Lipinski definition) is 2. The second-order valence-electron chi connectivity index (χ2n) is 8.22. The molecule has 0 fully saturated rings. The Kier molecular flexibility index (Phi) is 10.4. The number of nitrogens with one attached hydrogen (secondary N) is 2. The molecule has 33 heavy (non-hydrogen) atoms. The summed E-state index contributed by atoms with van der Waals surface area (Å²) in [5.41, 5.74) is 2.52. The molecule has 6 nitrogen and oxygen atoms in total. The van der Waals surface area contributed by atoms with Gasteiger partial charge in [-0.15, -0.1) is 11.8 Å². The minimum absolute atomic E-state index is 0.167. The molecule has 2 amide bonds. The third-order valence-corrected chi connectivity index (χ3v) is 5.00. The Morgan fingerprint density at radius 2 is 1.58 bits per heavy atom. The summed E-state index contributed by atoms with van der Waals surface area (Å²) in [4.78, 5) is 27.7. The predicted octanol–water partition coefficient (Wildman–Crippen LogP) is 5.83. The molecule has 174 valence electrons. The average Bonchev–Trinajstić information content (AvgIpc) is 2.78. The molecule has 0 unspecified atom stereocenters. The van der Waals surface area contributed by atoms with E-state index in [0.29, 0.717) is 5.69 Å². The lowest BCUT2D eigenvalue weighted by Gasteiger charge is -2.19. The SMILES string of the molecule is CC(C)(C)OC(=O)NCC(=O)Nc1ccc(SCc2ccccc2)nc1.Cc1ccccc1. The van der Waals surface area contributed by atoms with E-state index in [4.69, 9.17) is 4.74 Å². The van der Waals surface area contributed by atoms with Crippen LogP contribution < -0.4 is 10.6 Å². The molecule has 3 aromatic rings. The van der Waals surface area contributed by atoms with Gasteiger partial charge in [0, 0.05) is 5.75 Å². The Bertz CT molecular complexity index is 989. The van der Waals surface area contributed by atoms with Crippen LogP contribution >= 0.6 is 11.8 Å². The van der Waals surface area contributed by atoms with Crippen molar-refractivity contribution in [2.24, 2.45) is 0 Å². The highest BCUT2D eigenvalue weighted by Gasteiger charge is 2.16. The zero-order valence-corrected chi connectivity index (χ0v) is 20.3. The molecular weight excluding hydrogens is 434 g/mol. The molecule has 0 aliphatic rings. The second kappa shape index (κ2) is 13.3. The monoisotopic (exact) mass is 465 g/mol. The molecule has 1 aromatic heterocycles. The van der Waals surface area contributed by atoms with Crippen molar-refractivity contribution >= 4 is 29.4 Å². The van der Waals surface area contributed by atoms with E-state index >= 15 is 0 Å². The van der Waals surface area contributed by atoms with Gasteiger partial charge < -0.3 is 15.4 Å². The zero-order valence-electron chi connectivity index (χ0n) is 19.5. The maximum absolute atomic E-state index is 11.9. The fourth-order valence-corrected chi connectivity index (χ4v) is 3.28. The molecule has 0 bridgehead atoms. The first-order valence-corrected chi connectivity index (χ1v) is 11.6. The summed E-state index contributed by atoms with van der Waals surface area (Å²) >= 11 is 1.62. The van der Waals surface area contributed by atoms with Crippen LogP contribution in [0, 0.1) is 6.92 Å². The number of carbonyl (C=O) groups is 2. The van der Waals surface area contributed by atoms with Gasteiger partial charge in [-0.3, -0.25) is 4.79 Å². The van der Waals surface area contributed by atoms with Gasteiger partial charge in [0.25, 0.3) is 0 Å². The van der Waals surface area contributed by atoms with E-state index in [0.717, 1.165) is 10.8 Å². The van der Waals surface area contributed by atoms with Crippen LogP contribution in [0.5, 0.6) is 0 Å². The van der Waals surface area contributed by atoms with Crippen LogP contribution in [-0.4, -0.2) is 29.1 Å². The van der Waals surface area contributed by atoms with Gasteiger partial charge in [0.2, 0.25) is 5.91 Å². The maximum Gasteiger partial charge on any atom is 0.408 e. The van der Waals surface area contributed by atoms with Crippen molar-refractivity contribution < 1.29 is 14.3 Å². The summed E-state index contributed by atoms with van der Waals surface area (Å²) in [6.07, 6.45) is 0.969. The van der Waals surface area contributed by atoms with Gasteiger partial charge in [0.1, 0.15) is 12.1 Å². The molecule has 0 saturated heterocycles. The molecule has 0 spiro atoms. The highest BCUT2D eigenvalue weighted by atomic mass is 32.2. The Morgan fingerprint density at radius 1 is 0.939 bits per heavy atom. The minimum Gasteiger partial charge on any atom is -0.444 e. The Hall–Kier alpha value is -3.32. The van der Waals surface area contributed by atoms with Crippen molar-refractivity contribution in [2.45, 2.75) is 44.1 Å². The number of pyridine rings is 1. The number of aryl methyl sites for hydroxylation is 1. The van der Waals surface area contributed by atoms with E-state index in [2.05, 4.69) is 46.8 Å². The average molecular weight is 466 g/mol. The van der Waals surface area contributed by atoms with E-state index in [9.17, 15) is 9.59 Å². The van der Waals surface area contributed by atoms with Crippen molar-refractivity contribution in [3.8, 4) is 0 Å². The largest absolute Gasteiger partial charge is 0.444 e. The summed E-state index contributed by atoms with van der Waals surface area (Å²) in [5, 5.41) is 5.97. The topological polar surface area (TPSA) is 80.3 Å². The smallest absolute Gasteiger partial charge is 0.408 e. The number of aromatic nitrogens is 1. The summed E-state index contributed by atoms with van der Waals surface area (Å²) in [7, 11) is 0. The zero-order chi connectivity index (χ0) is 24.1. The first-order chi connectivity index (χ1) is 15.7. The number of benzene rings is 2. The third kappa shape index (κ3) is 11.8. The summed E-state index contributed by atoms with van der Waals surface area (Å²) in [6.45, 7) is 7.19. The molecule has 0 radical (unpaired) electrons.